The molecule has 0 saturated carbocycles. The van der Waals surface area contributed by atoms with E-state index >= 15 is 0 Å². The van der Waals surface area contributed by atoms with Crippen LogP contribution in [0.25, 0.3) is 0 Å². The second kappa shape index (κ2) is 4.20. The molecule has 0 bridgehead atoms. The molecule has 74 valence electrons. The van der Waals surface area contributed by atoms with E-state index in [1.54, 1.807) is 19.9 Å². The van der Waals surface area contributed by atoms with E-state index in [1.807, 2.05) is 0 Å². The van der Waals surface area contributed by atoms with Crippen LogP contribution >= 0.6 is 27.5 Å². The smallest absolute Gasteiger partial charge is 0.229 e. The van der Waals surface area contributed by atoms with Gasteiger partial charge < -0.3 is 4.74 Å². The van der Waals surface area contributed by atoms with Gasteiger partial charge in [0.25, 0.3) is 0 Å². The molecule has 0 aliphatic carbocycles. The topological polar surface area (TPSA) is 22.1 Å². The van der Waals surface area contributed by atoms with Crippen LogP contribution in [0.4, 0.5) is 0 Å². The molecule has 1 heterocycles. The van der Waals surface area contributed by atoms with E-state index in [0.717, 1.165) is 0 Å². The molecule has 0 atom stereocenters. The number of hydrogen-bond acceptors (Lipinski definition) is 2. The van der Waals surface area contributed by atoms with Crippen LogP contribution in [0.5, 0.6) is 5.88 Å². The minimum Gasteiger partial charge on any atom is -0.458 e. The lowest BCUT2D eigenvalue weighted by Gasteiger charge is -2.19. The van der Waals surface area contributed by atoms with Crippen LogP contribution in [0.1, 0.15) is 13.8 Å². The summed E-state index contributed by atoms with van der Waals surface area (Å²) >= 11 is 9.02. The quantitative estimate of drug-likeness (QED) is 0.772. The standard InChI is InChI=1S/C10H9BrClNO/c1-4-10(2,3)14-9-8(11)5-7(12)6-13-9/h1,5-6H,2-3H3. The number of pyridine rings is 1. The van der Waals surface area contributed by atoms with Crippen molar-refractivity contribution in [2.75, 3.05) is 0 Å². The molecule has 1 aromatic heterocycles. The first-order valence-electron chi connectivity index (χ1n) is 3.92. The first kappa shape index (κ1) is 11.4. The van der Waals surface area contributed by atoms with Gasteiger partial charge in [0.15, 0.2) is 5.60 Å². The largest absolute Gasteiger partial charge is 0.458 e. The summed E-state index contributed by atoms with van der Waals surface area (Å²) in [6.07, 6.45) is 6.80. The molecule has 0 amide bonds. The van der Waals surface area contributed by atoms with Crippen LogP contribution in [0.3, 0.4) is 0 Å². The molecule has 0 aliphatic rings. The van der Waals surface area contributed by atoms with Gasteiger partial charge in [0.05, 0.1) is 9.50 Å². The predicted molar refractivity (Wildman–Crippen MR) is 60.5 cm³/mol. The van der Waals surface area contributed by atoms with Crippen molar-refractivity contribution < 1.29 is 4.74 Å². The highest BCUT2D eigenvalue weighted by Crippen LogP contribution is 2.27. The Morgan fingerprint density at radius 2 is 2.29 bits per heavy atom. The summed E-state index contributed by atoms with van der Waals surface area (Å²) in [6, 6.07) is 1.70. The molecular formula is C10H9BrClNO. The zero-order valence-corrected chi connectivity index (χ0v) is 10.2. The molecule has 4 heteroatoms. The third-order valence-corrected chi connectivity index (χ3v) is 2.25. The molecule has 0 fully saturated rings. The maximum Gasteiger partial charge on any atom is 0.229 e. The van der Waals surface area contributed by atoms with Crippen LogP contribution in [0.15, 0.2) is 16.7 Å². The summed E-state index contributed by atoms with van der Waals surface area (Å²) in [5.41, 5.74) is -0.677. The van der Waals surface area contributed by atoms with E-state index in [4.69, 9.17) is 22.8 Å². The normalized spacial score (nSPS) is 10.8. The molecule has 0 aromatic carbocycles. The lowest BCUT2D eigenvalue weighted by Crippen LogP contribution is -2.26. The Hall–Kier alpha value is -0.720. The Balaban J connectivity index is 2.94. The maximum absolute atomic E-state index is 5.73. The van der Waals surface area contributed by atoms with Crippen molar-refractivity contribution in [3.63, 3.8) is 0 Å². The van der Waals surface area contributed by atoms with Crippen molar-refractivity contribution in [3.05, 3.63) is 21.8 Å². The Kier molecular flexibility index (Phi) is 3.41. The second-order valence-electron chi connectivity index (χ2n) is 3.20. The Bertz CT molecular complexity index is 384. The van der Waals surface area contributed by atoms with Crippen LogP contribution < -0.4 is 4.74 Å². The Morgan fingerprint density at radius 3 is 2.79 bits per heavy atom. The van der Waals surface area contributed by atoms with E-state index in [-0.39, 0.29) is 0 Å². The van der Waals surface area contributed by atoms with Gasteiger partial charge >= 0.3 is 0 Å². The zero-order chi connectivity index (χ0) is 10.8. The van der Waals surface area contributed by atoms with Gasteiger partial charge in [0, 0.05) is 6.20 Å². The van der Waals surface area contributed by atoms with Gasteiger partial charge in [-0.15, -0.1) is 6.42 Å². The fourth-order valence-electron chi connectivity index (χ4n) is 0.748. The minimum absolute atomic E-state index is 0.442. The first-order chi connectivity index (χ1) is 6.44. The molecule has 2 nitrogen and oxygen atoms in total. The average molecular weight is 275 g/mol. The fraction of sp³-hybridized carbons (Fsp3) is 0.300. The van der Waals surface area contributed by atoms with Gasteiger partial charge in [0.2, 0.25) is 5.88 Å². The number of ether oxygens (including phenoxy) is 1. The summed E-state index contributed by atoms with van der Waals surface area (Å²) < 4.78 is 6.17. The number of rotatable bonds is 2. The van der Waals surface area contributed by atoms with E-state index in [1.165, 1.54) is 6.20 Å². The molecule has 0 spiro atoms. The van der Waals surface area contributed by atoms with Crippen molar-refractivity contribution in [3.8, 4) is 18.2 Å². The maximum atomic E-state index is 5.73. The summed E-state index contributed by atoms with van der Waals surface area (Å²) in [7, 11) is 0. The summed E-state index contributed by atoms with van der Waals surface area (Å²) in [6.45, 7) is 3.57. The van der Waals surface area contributed by atoms with Crippen molar-refractivity contribution in [2.24, 2.45) is 0 Å². The number of terminal acetylenes is 1. The Labute approximate surface area is 96.8 Å². The van der Waals surface area contributed by atoms with E-state index in [0.29, 0.717) is 15.4 Å². The Morgan fingerprint density at radius 1 is 1.64 bits per heavy atom. The van der Waals surface area contributed by atoms with Crippen LogP contribution in [0, 0.1) is 12.3 Å². The van der Waals surface area contributed by atoms with Crippen LogP contribution in [-0.2, 0) is 0 Å². The van der Waals surface area contributed by atoms with Crippen molar-refractivity contribution in [1.29, 1.82) is 0 Å². The molecule has 0 radical (unpaired) electrons. The van der Waals surface area contributed by atoms with Crippen molar-refractivity contribution >= 4 is 27.5 Å². The SMILES string of the molecule is C#CC(C)(C)Oc1ncc(Cl)cc1Br. The first-order valence-corrected chi connectivity index (χ1v) is 5.09. The van der Waals surface area contributed by atoms with Crippen molar-refractivity contribution in [1.82, 2.24) is 4.98 Å². The fourth-order valence-corrected chi connectivity index (χ4v) is 1.47. The molecule has 0 saturated heterocycles. The van der Waals surface area contributed by atoms with Gasteiger partial charge in [-0.25, -0.2) is 4.98 Å². The minimum atomic E-state index is -0.677. The van der Waals surface area contributed by atoms with Gasteiger partial charge in [-0.2, -0.15) is 0 Å². The molecule has 0 N–H and O–H groups in total. The van der Waals surface area contributed by atoms with Gasteiger partial charge in [-0.05, 0) is 35.8 Å². The highest BCUT2D eigenvalue weighted by Gasteiger charge is 2.18. The van der Waals surface area contributed by atoms with E-state index in [2.05, 4.69) is 26.8 Å². The molecular weight excluding hydrogens is 265 g/mol. The van der Waals surface area contributed by atoms with Gasteiger partial charge in [0.1, 0.15) is 0 Å². The van der Waals surface area contributed by atoms with E-state index in [9.17, 15) is 0 Å². The summed E-state index contributed by atoms with van der Waals surface area (Å²) in [4.78, 5) is 4.01. The van der Waals surface area contributed by atoms with Crippen LogP contribution in [0.2, 0.25) is 5.02 Å². The number of nitrogens with zero attached hydrogens (tertiary/aromatic N) is 1. The van der Waals surface area contributed by atoms with E-state index < -0.39 is 5.60 Å². The monoisotopic (exact) mass is 273 g/mol. The average Bonchev–Trinajstić information content (AvgIpc) is 2.10. The van der Waals surface area contributed by atoms with Crippen LogP contribution in [-0.4, -0.2) is 10.6 Å². The molecule has 0 aliphatic heterocycles. The lowest BCUT2D eigenvalue weighted by atomic mass is 10.1. The molecule has 1 rings (SSSR count). The highest BCUT2D eigenvalue weighted by molar-refractivity contribution is 9.10. The lowest BCUT2D eigenvalue weighted by molar-refractivity contribution is 0.163. The number of aromatic nitrogens is 1. The van der Waals surface area contributed by atoms with Gasteiger partial charge in [-0.3, -0.25) is 0 Å². The van der Waals surface area contributed by atoms with Crippen molar-refractivity contribution in [2.45, 2.75) is 19.4 Å². The third kappa shape index (κ3) is 2.90. The summed E-state index contributed by atoms with van der Waals surface area (Å²) in [5.74, 6) is 2.96. The predicted octanol–water partition coefficient (Wildman–Crippen LogP) is 3.29. The summed E-state index contributed by atoms with van der Waals surface area (Å²) in [5, 5.41) is 0.544. The molecule has 1 aromatic rings. The second-order valence-corrected chi connectivity index (χ2v) is 4.49. The highest BCUT2D eigenvalue weighted by atomic mass is 79.9. The number of hydrogen-bond donors (Lipinski definition) is 0. The molecule has 0 unspecified atom stereocenters. The number of halogens is 2. The third-order valence-electron chi connectivity index (χ3n) is 1.47. The molecule has 14 heavy (non-hydrogen) atoms. The zero-order valence-electron chi connectivity index (χ0n) is 7.84. The van der Waals surface area contributed by atoms with Gasteiger partial charge in [-0.1, -0.05) is 17.5 Å².